The molecule has 0 aliphatic rings. The van der Waals surface area contributed by atoms with Crippen LogP contribution < -0.4 is 0 Å². The summed E-state index contributed by atoms with van der Waals surface area (Å²) in [6.45, 7) is 14.6. The molecule has 0 bridgehead atoms. The summed E-state index contributed by atoms with van der Waals surface area (Å²) < 4.78 is 11.8. The molecule has 0 saturated heterocycles. The summed E-state index contributed by atoms with van der Waals surface area (Å²) >= 11 is 0. The van der Waals surface area contributed by atoms with E-state index >= 15 is 0 Å². The minimum Gasteiger partial charge on any atom is -0.547 e. The maximum atomic E-state index is 6.19. The SMILES string of the molecule is C/C(=C/C=C/COCc1ccccc1)O[Si](C)(C)C(C)(C)C. The number of allylic oxidation sites excluding steroid dienone is 3. The van der Waals surface area contributed by atoms with Gasteiger partial charge in [-0.05, 0) is 36.7 Å². The molecule has 0 heterocycles. The molecule has 122 valence electrons. The molecule has 0 aliphatic carbocycles. The molecule has 1 aromatic rings. The summed E-state index contributed by atoms with van der Waals surface area (Å²) in [7, 11) is -1.72. The molecule has 0 aliphatic heterocycles. The standard InChI is InChI=1S/C19H30O2Si/c1-17(21-22(5,6)19(2,3)4)12-10-11-15-20-16-18-13-8-7-9-14-18/h7-14H,15-16H2,1-6H3/b11-10+,17-12-. The zero-order valence-corrected chi connectivity index (χ0v) is 15.8. The lowest BCUT2D eigenvalue weighted by molar-refractivity contribution is 0.148. The van der Waals surface area contributed by atoms with E-state index < -0.39 is 8.32 Å². The van der Waals surface area contributed by atoms with Crippen molar-refractivity contribution in [2.75, 3.05) is 6.61 Å². The lowest BCUT2D eigenvalue weighted by atomic mass is 10.2. The van der Waals surface area contributed by atoms with Crippen molar-refractivity contribution in [3.8, 4) is 0 Å². The van der Waals surface area contributed by atoms with E-state index in [0.717, 1.165) is 5.76 Å². The van der Waals surface area contributed by atoms with Crippen molar-refractivity contribution in [1.29, 1.82) is 0 Å². The summed E-state index contributed by atoms with van der Waals surface area (Å²) in [6, 6.07) is 10.2. The molecule has 0 atom stereocenters. The molecule has 0 fully saturated rings. The molecule has 3 heteroatoms. The zero-order chi connectivity index (χ0) is 16.6. The van der Waals surface area contributed by atoms with Gasteiger partial charge in [0, 0.05) is 0 Å². The molecule has 1 rings (SSSR count). The van der Waals surface area contributed by atoms with Crippen LogP contribution in [0.2, 0.25) is 18.1 Å². The summed E-state index contributed by atoms with van der Waals surface area (Å²) in [4.78, 5) is 0. The van der Waals surface area contributed by atoms with Crippen LogP contribution in [0.15, 0.2) is 54.3 Å². The number of benzene rings is 1. The molecular weight excluding hydrogens is 288 g/mol. The molecular formula is C19H30O2Si. The fourth-order valence-corrected chi connectivity index (χ4v) is 2.85. The summed E-state index contributed by atoms with van der Waals surface area (Å²) in [5.41, 5.74) is 1.20. The van der Waals surface area contributed by atoms with E-state index in [4.69, 9.17) is 9.16 Å². The van der Waals surface area contributed by atoms with Crippen molar-refractivity contribution in [2.45, 2.75) is 52.4 Å². The molecule has 1 aromatic carbocycles. The Hall–Kier alpha value is -1.32. The third-order valence-corrected chi connectivity index (χ3v) is 8.46. The second kappa shape index (κ2) is 8.35. The Morgan fingerprint density at radius 1 is 1.14 bits per heavy atom. The molecule has 0 N–H and O–H groups in total. The van der Waals surface area contributed by atoms with Gasteiger partial charge in [0.25, 0.3) is 0 Å². The van der Waals surface area contributed by atoms with Gasteiger partial charge in [-0.15, -0.1) is 0 Å². The van der Waals surface area contributed by atoms with Crippen molar-refractivity contribution >= 4 is 8.32 Å². The van der Waals surface area contributed by atoms with Gasteiger partial charge in [-0.3, -0.25) is 0 Å². The minimum atomic E-state index is -1.72. The topological polar surface area (TPSA) is 18.5 Å². The molecule has 22 heavy (non-hydrogen) atoms. The highest BCUT2D eigenvalue weighted by Gasteiger charge is 2.38. The second-order valence-corrected chi connectivity index (χ2v) is 11.8. The summed E-state index contributed by atoms with van der Waals surface area (Å²) in [6.07, 6.45) is 6.04. The van der Waals surface area contributed by atoms with Crippen LogP contribution in [-0.2, 0) is 15.8 Å². The Morgan fingerprint density at radius 2 is 1.77 bits per heavy atom. The van der Waals surface area contributed by atoms with E-state index in [1.807, 2.05) is 43.4 Å². The predicted octanol–water partition coefficient (Wildman–Crippen LogP) is 5.69. The highest BCUT2D eigenvalue weighted by atomic mass is 28.4. The second-order valence-electron chi connectivity index (χ2n) is 7.07. The van der Waals surface area contributed by atoms with Crippen LogP contribution in [0.1, 0.15) is 33.3 Å². The van der Waals surface area contributed by atoms with Gasteiger partial charge in [-0.25, -0.2) is 0 Å². The van der Waals surface area contributed by atoms with Crippen LogP contribution in [0.4, 0.5) is 0 Å². The van der Waals surface area contributed by atoms with E-state index in [9.17, 15) is 0 Å². The average Bonchev–Trinajstić information content (AvgIpc) is 2.42. The molecule has 0 amide bonds. The third kappa shape index (κ3) is 6.63. The lowest BCUT2D eigenvalue weighted by Gasteiger charge is -2.36. The molecule has 0 radical (unpaired) electrons. The summed E-state index contributed by atoms with van der Waals surface area (Å²) in [5, 5.41) is 0.227. The first kappa shape index (κ1) is 18.7. The number of hydrogen-bond acceptors (Lipinski definition) is 2. The van der Waals surface area contributed by atoms with Crippen LogP contribution in [-0.4, -0.2) is 14.9 Å². The number of rotatable bonds is 7. The fourth-order valence-electron chi connectivity index (χ4n) is 1.67. The van der Waals surface area contributed by atoms with Crippen molar-refractivity contribution in [3.63, 3.8) is 0 Å². The van der Waals surface area contributed by atoms with Crippen molar-refractivity contribution in [2.24, 2.45) is 0 Å². The zero-order valence-electron chi connectivity index (χ0n) is 14.8. The van der Waals surface area contributed by atoms with Crippen LogP contribution in [0.5, 0.6) is 0 Å². The first-order valence-corrected chi connectivity index (χ1v) is 10.8. The molecule has 0 unspecified atom stereocenters. The van der Waals surface area contributed by atoms with E-state index in [1.165, 1.54) is 5.56 Å². The third-order valence-electron chi connectivity index (χ3n) is 4.01. The van der Waals surface area contributed by atoms with Gasteiger partial charge < -0.3 is 9.16 Å². The predicted molar refractivity (Wildman–Crippen MR) is 97.3 cm³/mol. The van der Waals surface area contributed by atoms with Gasteiger partial charge in [-0.2, -0.15) is 0 Å². The molecule has 2 nitrogen and oxygen atoms in total. The quantitative estimate of drug-likeness (QED) is 0.278. The number of hydrogen-bond donors (Lipinski definition) is 0. The maximum Gasteiger partial charge on any atom is 0.250 e. The largest absolute Gasteiger partial charge is 0.547 e. The Kier molecular flexibility index (Phi) is 7.10. The highest BCUT2D eigenvalue weighted by molar-refractivity contribution is 6.74. The van der Waals surface area contributed by atoms with Gasteiger partial charge in [0.1, 0.15) is 0 Å². The monoisotopic (exact) mass is 318 g/mol. The Balaban J connectivity index is 2.34. The fraction of sp³-hybridized carbons (Fsp3) is 0.474. The van der Waals surface area contributed by atoms with Crippen LogP contribution >= 0.6 is 0 Å². The van der Waals surface area contributed by atoms with E-state index in [1.54, 1.807) is 0 Å². The molecule has 0 spiro atoms. The first-order chi connectivity index (χ1) is 10.2. The van der Waals surface area contributed by atoms with Gasteiger partial charge in [0.2, 0.25) is 8.32 Å². The van der Waals surface area contributed by atoms with Crippen molar-refractivity contribution in [1.82, 2.24) is 0 Å². The minimum absolute atomic E-state index is 0.227. The maximum absolute atomic E-state index is 6.19. The summed E-state index contributed by atoms with van der Waals surface area (Å²) in [5.74, 6) is 0.978. The first-order valence-electron chi connectivity index (χ1n) is 7.86. The lowest BCUT2D eigenvalue weighted by Crippen LogP contribution is -2.40. The smallest absolute Gasteiger partial charge is 0.250 e. The van der Waals surface area contributed by atoms with E-state index in [2.05, 4.69) is 46.0 Å². The van der Waals surface area contributed by atoms with Gasteiger partial charge >= 0.3 is 0 Å². The Labute approximate surface area is 137 Å². The van der Waals surface area contributed by atoms with Gasteiger partial charge in [0.15, 0.2) is 0 Å². The Morgan fingerprint density at radius 3 is 2.36 bits per heavy atom. The van der Waals surface area contributed by atoms with Crippen LogP contribution in [0.25, 0.3) is 0 Å². The normalized spacial score (nSPS) is 13.6. The van der Waals surface area contributed by atoms with Crippen LogP contribution in [0.3, 0.4) is 0 Å². The van der Waals surface area contributed by atoms with E-state index in [-0.39, 0.29) is 5.04 Å². The molecule has 0 saturated carbocycles. The Bertz CT molecular complexity index is 496. The number of ether oxygens (including phenoxy) is 1. The highest BCUT2D eigenvalue weighted by Crippen LogP contribution is 2.37. The van der Waals surface area contributed by atoms with Crippen molar-refractivity contribution < 1.29 is 9.16 Å². The van der Waals surface area contributed by atoms with Crippen LogP contribution in [0, 0.1) is 0 Å². The van der Waals surface area contributed by atoms with Gasteiger partial charge in [-0.1, -0.05) is 63.3 Å². The van der Waals surface area contributed by atoms with E-state index in [0.29, 0.717) is 13.2 Å². The molecule has 0 aromatic heterocycles. The average molecular weight is 319 g/mol. The van der Waals surface area contributed by atoms with Crippen molar-refractivity contribution in [3.05, 3.63) is 59.9 Å². The van der Waals surface area contributed by atoms with Gasteiger partial charge in [0.05, 0.1) is 19.0 Å².